The first kappa shape index (κ1) is 24.5. The van der Waals surface area contributed by atoms with Gasteiger partial charge in [-0.05, 0) is 27.7 Å². The van der Waals surface area contributed by atoms with Gasteiger partial charge < -0.3 is 37.9 Å². The predicted octanol–water partition coefficient (Wildman–Crippen LogP) is 0.672. The molecule has 4 rings (SSSR count). The fourth-order valence-electron chi connectivity index (χ4n) is 4.34. The molecule has 0 aromatic rings. The summed E-state index contributed by atoms with van der Waals surface area (Å²) in [5, 5.41) is 0. The Balaban J connectivity index is 1.43. The average molecular weight is 481 g/mol. The molecule has 0 amide bonds. The van der Waals surface area contributed by atoms with Gasteiger partial charge in [0.25, 0.3) is 10.1 Å². The molecule has 0 unspecified atom stereocenters. The lowest BCUT2D eigenvalue weighted by molar-refractivity contribution is -0.235. The fraction of sp³-hybridized carbons (Fsp3) is 0.900. The first-order chi connectivity index (χ1) is 14.9. The summed E-state index contributed by atoms with van der Waals surface area (Å²) in [7, 11) is -3.66. The van der Waals surface area contributed by atoms with Gasteiger partial charge in [-0.2, -0.15) is 8.42 Å². The van der Waals surface area contributed by atoms with Crippen molar-refractivity contribution in [2.75, 3.05) is 26.1 Å². The lowest BCUT2D eigenvalue weighted by Crippen LogP contribution is -2.43. The third kappa shape index (κ3) is 5.35. The van der Waals surface area contributed by atoms with Crippen molar-refractivity contribution >= 4 is 10.1 Å². The Labute approximate surface area is 188 Å². The second-order valence-electron chi connectivity index (χ2n) is 9.16. The Kier molecular flexibility index (Phi) is 6.75. The first-order valence-electron chi connectivity index (χ1n) is 10.6. The molecule has 12 heteroatoms. The molecule has 0 aromatic carbocycles. The van der Waals surface area contributed by atoms with Gasteiger partial charge in [0.1, 0.15) is 36.6 Å². The molecule has 4 heterocycles. The minimum atomic E-state index is -3.66. The van der Waals surface area contributed by atoms with E-state index in [4.69, 9.17) is 42.1 Å². The molecule has 0 radical (unpaired) electrons. The molecule has 0 bridgehead atoms. The SMILES string of the molecule is C=CCO[C@@H]1[C@H]2OC(C)(C)O[C@H]2O[C@@H]1CO[C@@H]1[C@H]2OC(C)(C)O[C@H]2O[C@@H]1COS(C)(=O)=O. The summed E-state index contributed by atoms with van der Waals surface area (Å²) >= 11 is 0. The topological polar surface area (TPSA) is 117 Å². The lowest BCUT2D eigenvalue weighted by Gasteiger charge is -2.29. The number of hydrogen-bond acceptors (Lipinski definition) is 11. The highest BCUT2D eigenvalue weighted by Crippen LogP contribution is 2.41. The van der Waals surface area contributed by atoms with Crippen LogP contribution in [0, 0.1) is 0 Å². The minimum absolute atomic E-state index is 0.109. The van der Waals surface area contributed by atoms with Crippen molar-refractivity contribution in [1.82, 2.24) is 0 Å². The highest BCUT2D eigenvalue weighted by Gasteiger charge is 2.58. The van der Waals surface area contributed by atoms with Crippen molar-refractivity contribution in [1.29, 1.82) is 0 Å². The van der Waals surface area contributed by atoms with Gasteiger partial charge in [-0.15, -0.1) is 6.58 Å². The van der Waals surface area contributed by atoms with Crippen LogP contribution in [0.2, 0.25) is 0 Å². The second-order valence-corrected chi connectivity index (χ2v) is 10.8. The normalized spacial score (nSPS) is 42.2. The number of fused-ring (bicyclic) bond motifs is 2. The monoisotopic (exact) mass is 480 g/mol. The van der Waals surface area contributed by atoms with Crippen molar-refractivity contribution in [2.45, 2.75) is 88.5 Å². The van der Waals surface area contributed by atoms with Crippen LogP contribution in [0.4, 0.5) is 0 Å². The van der Waals surface area contributed by atoms with Crippen molar-refractivity contribution < 1.29 is 50.5 Å². The van der Waals surface area contributed by atoms with E-state index in [2.05, 4.69) is 6.58 Å². The van der Waals surface area contributed by atoms with Crippen LogP contribution >= 0.6 is 0 Å². The summed E-state index contributed by atoms with van der Waals surface area (Å²) in [6, 6.07) is 0. The van der Waals surface area contributed by atoms with Gasteiger partial charge in [-0.1, -0.05) is 6.08 Å². The molecular weight excluding hydrogens is 448 g/mol. The van der Waals surface area contributed by atoms with Gasteiger partial charge in [0.05, 0.1) is 26.1 Å². The van der Waals surface area contributed by atoms with E-state index in [1.165, 1.54) is 0 Å². The summed E-state index contributed by atoms with van der Waals surface area (Å²) in [5.41, 5.74) is 0. The predicted molar refractivity (Wildman–Crippen MR) is 108 cm³/mol. The van der Waals surface area contributed by atoms with Gasteiger partial charge in [-0.3, -0.25) is 4.18 Å². The Morgan fingerprint density at radius 2 is 1.34 bits per heavy atom. The first-order valence-corrected chi connectivity index (χ1v) is 12.4. The zero-order valence-electron chi connectivity index (χ0n) is 18.9. The molecule has 0 aliphatic carbocycles. The summed E-state index contributed by atoms with van der Waals surface area (Å²) in [5.74, 6) is -1.64. The number of rotatable bonds is 9. The van der Waals surface area contributed by atoms with Crippen molar-refractivity contribution in [3.8, 4) is 0 Å². The molecule has 0 spiro atoms. The van der Waals surface area contributed by atoms with Crippen molar-refractivity contribution in [3.05, 3.63) is 12.7 Å². The molecule has 4 aliphatic heterocycles. The fourth-order valence-corrected chi connectivity index (χ4v) is 4.72. The van der Waals surface area contributed by atoms with Crippen LogP contribution in [0.15, 0.2) is 12.7 Å². The maximum Gasteiger partial charge on any atom is 0.264 e. The Hall–Kier alpha value is -0.670. The molecule has 0 N–H and O–H groups in total. The third-order valence-electron chi connectivity index (χ3n) is 5.48. The van der Waals surface area contributed by atoms with Crippen molar-refractivity contribution in [3.63, 3.8) is 0 Å². The summed E-state index contributed by atoms with van der Waals surface area (Å²) in [6.45, 7) is 11.0. The Bertz CT molecular complexity index is 797. The van der Waals surface area contributed by atoms with Crippen LogP contribution in [0.3, 0.4) is 0 Å². The molecule has 0 aromatic heterocycles. The quantitative estimate of drug-likeness (QED) is 0.342. The van der Waals surface area contributed by atoms with E-state index in [0.29, 0.717) is 6.61 Å². The van der Waals surface area contributed by atoms with E-state index >= 15 is 0 Å². The lowest BCUT2D eigenvalue weighted by atomic mass is 10.1. The van der Waals surface area contributed by atoms with E-state index in [1.807, 2.05) is 13.8 Å². The standard InChI is InChI=1S/C20H32O11S/c1-7-8-23-13-11(26-17-15(13)28-19(2,3)30-17)9-24-14-12(10-25-32(6,21)22)27-18-16(14)29-20(4,5)31-18/h7,11-18H,1,8-10H2,2-6H3/t11-,12-,13+,14+,15-,16-,17-,18-/m1/s1. The largest absolute Gasteiger partial charge is 0.370 e. The number of hydrogen-bond donors (Lipinski definition) is 0. The summed E-state index contributed by atoms with van der Waals surface area (Å²) in [6.07, 6.45) is -1.94. The van der Waals surface area contributed by atoms with Crippen LogP contribution in [0.1, 0.15) is 27.7 Å². The molecule has 4 fully saturated rings. The van der Waals surface area contributed by atoms with Gasteiger partial charge in [0.2, 0.25) is 0 Å². The summed E-state index contributed by atoms with van der Waals surface area (Å²) < 4.78 is 75.3. The van der Waals surface area contributed by atoms with E-state index in [1.54, 1.807) is 19.9 Å². The van der Waals surface area contributed by atoms with Crippen LogP contribution in [-0.4, -0.2) is 95.3 Å². The van der Waals surface area contributed by atoms with E-state index in [-0.39, 0.29) is 13.2 Å². The summed E-state index contributed by atoms with van der Waals surface area (Å²) in [4.78, 5) is 0. The molecule has 8 atom stereocenters. The molecule has 0 saturated carbocycles. The maximum absolute atomic E-state index is 11.5. The molecule has 4 aliphatic rings. The van der Waals surface area contributed by atoms with Crippen LogP contribution in [0.25, 0.3) is 0 Å². The second kappa shape index (κ2) is 8.84. The van der Waals surface area contributed by atoms with E-state index < -0.39 is 70.9 Å². The minimum Gasteiger partial charge on any atom is -0.370 e. The zero-order valence-corrected chi connectivity index (χ0v) is 19.7. The Morgan fingerprint density at radius 3 is 1.84 bits per heavy atom. The zero-order chi connectivity index (χ0) is 23.3. The van der Waals surface area contributed by atoms with E-state index in [0.717, 1.165) is 6.26 Å². The molecule has 11 nitrogen and oxygen atoms in total. The van der Waals surface area contributed by atoms with E-state index in [9.17, 15) is 8.42 Å². The van der Waals surface area contributed by atoms with Gasteiger partial charge >= 0.3 is 0 Å². The van der Waals surface area contributed by atoms with Gasteiger partial charge in [0.15, 0.2) is 24.2 Å². The molecule has 4 saturated heterocycles. The third-order valence-corrected chi connectivity index (χ3v) is 6.04. The smallest absolute Gasteiger partial charge is 0.264 e. The Morgan fingerprint density at radius 1 is 0.844 bits per heavy atom. The van der Waals surface area contributed by atoms with Crippen LogP contribution < -0.4 is 0 Å². The maximum atomic E-state index is 11.5. The molecule has 32 heavy (non-hydrogen) atoms. The highest BCUT2D eigenvalue weighted by molar-refractivity contribution is 7.85. The highest BCUT2D eigenvalue weighted by atomic mass is 32.2. The van der Waals surface area contributed by atoms with Crippen molar-refractivity contribution in [2.24, 2.45) is 0 Å². The molecule has 184 valence electrons. The van der Waals surface area contributed by atoms with Crippen LogP contribution in [0.5, 0.6) is 0 Å². The number of ether oxygens (including phenoxy) is 8. The average Bonchev–Trinajstić information content (AvgIpc) is 3.31. The van der Waals surface area contributed by atoms with Crippen LogP contribution in [-0.2, 0) is 52.2 Å². The van der Waals surface area contributed by atoms with Gasteiger partial charge in [-0.25, -0.2) is 0 Å². The molecular formula is C20H32O11S. The van der Waals surface area contributed by atoms with Gasteiger partial charge in [0, 0.05) is 0 Å².